The van der Waals surface area contributed by atoms with E-state index in [1.54, 1.807) is 0 Å². The second-order valence-corrected chi connectivity index (χ2v) is 53.1. The molecule has 0 N–H and O–H groups in total. The summed E-state index contributed by atoms with van der Waals surface area (Å²) in [6.45, 7) is 9.93. The largest absolute Gasteiger partial charge is 0.464 e. The molecule has 4 aromatic rings. The van der Waals surface area contributed by atoms with E-state index < -0.39 is 85.8 Å². The highest BCUT2D eigenvalue weighted by atomic mass is 32.2. The molecule has 24 saturated carbocycles. The number of ether oxygens (including phenoxy) is 11. The number of Topliss-reactive ketones (excluding diaryl/α,β-unsaturated/α-hetero) is 2. The molecule has 24 bridgehead atoms. The molecular weight excluding hydrogens is 1780 g/mol. The third-order valence-corrected chi connectivity index (χ3v) is 42.2. The summed E-state index contributed by atoms with van der Waals surface area (Å²) in [4.78, 5) is 112. The summed E-state index contributed by atoms with van der Waals surface area (Å²) >= 11 is 0. The fourth-order valence-corrected chi connectivity index (χ4v) is 37.2. The molecular formula is C111H138F4O19S2+2. The lowest BCUT2D eigenvalue weighted by Crippen LogP contribution is -2.69. The van der Waals surface area contributed by atoms with Crippen molar-refractivity contribution in [2.45, 2.75) is 312 Å². The van der Waals surface area contributed by atoms with Crippen LogP contribution in [0.25, 0.3) is 0 Å². The minimum Gasteiger partial charge on any atom is -0.464 e. The summed E-state index contributed by atoms with van der Waals surface area (Å²) in [6, 6.07) is 41.4. The molecule has 136 heavy (non-hydrogen) atoms. The Labute approximate surface area is 803 Å². The number of alkyl halides is 4. The second-order valence-electron chi connectivity index (χ2n) is 48.8. The summed E-state index contributed by atoms with van der Waals surface area (Å²) in [6.07, 6.45) is 24.5. The molecule has 9 unspecified atom stereocenters. The fraction of sp³-hybridized carbons (Fsp3) is 0.712. The van der Waals surface area contributed by atoms with Crippen molar-refractivity contribution >= 4 is 69.2 Å². The van der Waals surface area contributed by atoms with Crippen LogP contribution in [0.4, 0.5) is 17.6 Å². The Morgan fingerprint density at radius 2 is 0.684 bits per heavy atom. The quantitative estimate of drug-likeness (QED) is 0.0346. The van der Waals surface area contributed by atoms with Crippen molar-refractivity contribution in [3.8, 4) is 0 Å². The molecule has 0 aromatic heterocycles. The fourth-order valence-electron chi connectivity index (χ4n) is 33.2. The van der Waals surface area contributed by atoms with Gasteiger partial charge in [-0.1, -0.05) is 87.5 Å². The Hall–Kier alpha value is -6.74. The first-order chi connectivity index (χ1) is 65.0. The van der Waals surface area contributed by atoms with Gasteiger partial charge in [0.2, 0.25) is 0 Å². The number of halogens is 4. The minimum absolute atomic E-state index is 0.0146. The monoisotopic (exact) mass is 1910 g/mol. The molecule has 4 aromatic carbocycles. The first kappa shape index (κ1) is 94.2. The van der Waals surface area contributed by atoms with Crippen LogP contribution in [0.15, 0.2) is 135 Å². The molecule has 3 saturated heterocycles. The summed E-state index contributed by atoms with van der Waals surface area (Å²) in [5.74, 6) is -6.07. The van der Waals surface area contributed by atoms with Gasteiger partial charge >= 0.3 is 47.7 Å². The number of hydrogen-bond acceptors (Lipinski definition) is 19. The van der Waals surface area contributed by atoms with Crippen molar-refractivity contribution < 1.29 is 108 Å². The van der Waals surface area contributed by atoms with Gasteiger partial charge in [0.05, 0.1) is 64.4 Å². The molecule has 27 fully saturated rings. The van der Waals surface area contributed by atoms with Crippen LogP contribution < -0.4 is 0 Å². The highest BCUT2D eigenvalue weighted by Gasteiger charge is 2.73. The van der Waals surface area contributed by atoms with Gasteiger partial charge in [0.25, 0.3) is 0 Å². The molecule has 3 aliphatic heterocycles. The highest BCUT2D eigenvalue weighted by Crippen LogP contribution is 2.70. The Morgan fingerprint density at radius 3 is 1.01 bits per heavy atom. The number of esters is 6. The summed E-state index contributed by atoms with van der Waals surface area (Å²) in [5, 5.41) is 0. The lowest BCUT2D eigenvalue weighted by molar-refractivity contribution is -0.397. The third-order valence-electron chi connectivity index (χ3n) is 37.7. The van der Waals surface area contributed by atoms with Crippen molar-refractivity contribution in [1.29, 1.82) is 0 Å². The molecule has 2 spiro atoms. The van der Waals surface area contributed by atoms with E-state index in [9.17, 15) is 55.9 Å². The van der Waals surface area contributed by atoms with Gasteiger partial charge in [-0.3, -0.25) is 28.8 Å². The number of ketones is 2. The van der Waals surface area contributed by atoms with Crippen molar-refractivity contribution in [3.63, 3.8) is 0 Å². The van der Waals surface area contributed by atoms with Crippen LogP contribution >= 0.6 is 0 Å². The lowest BCUT2D eigenvalue weighted by atomic mass is 9.49. The maximum absolute atomic E-state index is 14.0. The van der Waals surface area contributed by atoms with E-state index in [0.717, 1.165) is 116 Å². The summed E-state index contributed by atoms with van der Waals surface area (Å²) < 4.78 is 125. The maximum Gasteiger partial charge on any atom is 0.377 e. The van der Waals surface area contributed by atoms with Crippen molar-refractivity contribution in [2.24, 2.45) is 134 Å². The van der Waals surface area contributed by atoms with Gasteiger partial charge in [-0.05, 0) is 324 Å². The van der Waals surface area contributed by atoms with Crippen molar-refractivity contribution in [2.75, 3.05) is 64.4 Å². The number of hydrogen-bond donors (Lipinski definition) is 0. The molecule has 24 aliphatic carbocycles. The summed E-state index contributed by atoms with van der Waals surface area (Å²) in [7, 11) is 0.417. The number of benzene rings is 4. The standard InChI is InChI=1S/C40H50F2O10.C39H52F2O8.C18H15S.C14H21OS/c1-35(41,42)32(45)52-39-10-23-6-28(15-39)40(29(7-23)16-39)50-19-36(20-51-40,17-48-33(46)37-8-21-2-24(11-37)30(43)25(3-21)12-37)18-49-34(47)38-9-22-4-26(13-38)31(44)27(5-22)14-38;1-35(40,41)32(42)49-38-16-27-8-28(17-38)39(29(9-27)18-38)47-30(19-45-33(43)36-10-21-2-22(11-36)4-23(3-21)12-36)31(48-39)20-46-34(44)37-13-24-5-25(14-37)7-26(6-24)15-37;1-4-10-16(11-5-1)19(17-12-6-2-7-13-17)18-14-8-3-9-15-18;1-14(2,3)12-4-6-13(7-5-12)16-10-8-15-9-11-16/h21-29H,2-20H2,1H3;21-31H,2-20H2,1H3;1-15H;4-7H,8-11H2,1-3H3/q;;2*+1/t;21?,22?,23?,24?,25?,26?,27?,28-,29?,30-,31-,36?,37?,38?,39?;;/m.0../s1. The predicted octanol–water partition coefficient (Wildman–Crippen LogP) is 19.9. The van der Waals surface area contributed by atoms with Crippen LogP contribution in [-0.2, 0) is 118 Å². The zero-order valence-corrected chi connectivity index (χ0v) is 81.4. The molecule has 0 amide bonds. The van der Waals surface area contributed by atoms with Crippen LogP contribution in [-0.4, -0.2) is 159 Å². The van der Waals surface area contributed by atoms with Gasteiger partial charge in [0.15, 0.2) is 31.2 Å². The topological polar surface area (TPSA) is 238 Å². The highest BCUT2D eigenvalue weighted by molar-refractivity contribution is 7.97. The van der Waals surface area contributed by atoms with E-state index in [2.05, 4.69) is 136 Å². The van der Waals surface area contributed by atoms with E-state index in [4.69, 9.17) is 52.1 Å². The first-order valence-corrected chi connectivity index (χ1v) is 54.6. The normalized spacial score (nSPS) is 42.0. The molecule has 25 heteroatoms. The Bertz CT molecular complexity index is 4790. The predicted molar refractivity (Wildman–Crippen MR) is 495 cm³/mol. The molecule has 27 aliphatic rings. The molecule has 3 heterocycles. The summed E-state index contributed by atoms with van der Waals surface area (Å²) in [5.41, 5.74) is -3.36. The molecule has 0 radical (unpaired) electrons. The van der Waals surface area contributed by atoms with E-state index in [-0.39, 0.29) is 139 Å². The first-order valence-electron chi connectivity index (χ1n) is 51.8. The van der Waals surface area contributed by atoms with Gasteiger partial charge in [0.1, 0.15) is 72.9 Å². The zero-order chi connectivity index (χ0) is 94.1. The Morgan fingerprint density at radius 1 is 0.375 bits per heavy atom. The van der Waals surface area contributed by atoms with Crippen molar-refractivity contribution in [1.82, 2.24) is 0 Å². The average Bonchev–Trinajstić information content (AvgIpc) is 1.31. The molecule has 12 atom stereocenters. The van der Waals surface area contributed by atoms with Crippen molar-refractivity contribution in [3.05, 3.63) is 121 Å². The van der Waals surface area contributed by atoms with Gasteiger partial charge in [-0.15, -0.1) is 0 Å². The Kier molecular flexibility index (Phi) is 24.5. The van der Waals surface area contributed by atoms with Gasteiger partial charge in [0, 0.05) is 72.1 Å². The second kappa shape index (κ2) is 35.4. The lowest BCUT2D eigenvalue weighted by Gasteiger charge is -2.65. The van der Waals surface area contributed by atoms with E-state index in [1.165, 1.54) is 75.2 Å². The maximum atomic E-state index is 14.0. The number of carbonyl (C=O) groups is 8. The average molecular weight is 1920 g/mol. The van der Waals surface area contributed by atoms with Crippen LogP contribution in [0.3, 0.4) is 0 Å². The van der Waals surface area contributed by atoms with E-state index in [1.807, 2.05) is 0 Å². The van der Waals surface area contributed by atoms with Crippen LogP contribution in [0.2, 0.25) is 0 Å². The van der Waals surface area contributed by atoms with Gasteiger partial charge in [-0.2, -0.15) is 17.6 Å². The SMILES string of the molecule is CC(C)(C)c1ccc([S+]2CCOCC2)cc1.CC(F)(F)C(=O)OC12CC3CC(C1)C1(OCC(COC(=O)C45CC6CC(C4)C(=O)C(C6)C5)(COC(=O)C45CC6CC(C4)C(=O)C(C6)C5)CO1)C(C3)C2.CC(F)(F)C(=O)OC12CC3CC(C1)C1(O[C@@H](COC(=O)C45CC6CC(CC(C6)C4)C5)[C@H](COC(=O)C45CC6CC(CC(C6)C4)C5)O1)[C@@H](C3)C2.c1ccc([S+](c2ccccc2)c2ccccc2)cc1. The van der Waals surface area contributed by atoms with Crippen LogP contribution in [0, 0.1) is 134 Å². The van der Waals surface area contributed by atoms with Gasteiger partial charge < -0.3 is 52.1 Å². The van der Waals surface area contributed by atoms with Crippen LogP contribution in [0.1, 0.15) is 246 Å². The third kappa shape index (κ3) is 17.6. The number of carbonyl (C=O) groups excluding carboxylic acids is 8. The smallest absolute Gasteiger partial charge is 0.377 e. The van der Waals surface area contributed by atoms with Gasteiger partial charge in [-0.25, -0.2) is 9.59 Å². The zero-order valence-electron chi connectivity index (χ0n) is 79.8. The minimum atomic E-state index is -3.58. The van der Waals surface area contributed by atoms with E-state index in [0.29, 0.717) is 148 Å². The molecule has 19 nitrogen and oxygen atoms in total. The van der Waals surface area contributed by atoms with Crippen LogP contribution in [0.5, 0.6) is 0 Å². The Balaban J connectivity index is 0.000000117. The molecule has 734 valence electrons. The number of rotatable bonds is 20. The van der Waals surface area contributed by atoms with E-state index >= 15 is 0 Å². The molecule has 31 rings (SSSR count).